The Hall–Kier alpha value is -4.89. The summed E-state index contributed by atoms with van der Waals surface area (Å²) in [6.45, 7) is 5.16. The molecule has 234 valence electrons. The largest absolute Gasteiger partial charge is 0.494 e. The number of fused-ring (bicyclic) bond motifs is 4. The van der Waals surface area contributed by atoms with Gasteiger partial charge in [-0.3, -0.25) is 9.59 Å². The highest BCUT2D eigenvalue weighted by atomic mass is 16.5. The van der Waals surface area contributed by atoms with E-state index >= 15 is 0 Å². The molecule has 3 aliphatic rings. The minimum absolute atomic E-state index is 0.00143. The van der Waals surface area contributed by atoms with Crippen LogP contribution in [0.3, 0.4) is 0 Å². The molecule has 1 saturated heterocycles. The molecule has 2 amide bonds. The van der Waals surface area contributed by atoms with E-state index in [1.165, 1.54) is 18.9 Å². The van der Waals surface area contributed by atoms with Gasteiger partial charge in [0, 0.05) is 54.4 Å². The molecule has 3 atom stereocenters. The van der Waals surface area contributed by atoms with Gasteiger partial charge in [0.25, 0.3) is 5.91 Å². The predicted octanol–water partition coefficient (Wildman–Crippen LogP) is 5.97. The molecule has 5 aromatic rings. The summed E-state index contributed by atoms with van der Waals surface area (Å²) >= 11 is 0. The Morgan fingerprint density at radius 3 is 2.50 bits per heavy atom. The van der Waals surface area contributed by atoms with Crippen LogP contribution in [0, 0.1) is 11.8 Å². The van der Waals surface area contributed by atoms with Crippen molar-refractivity contribution in [3.05, 3.63) is 78.9 Å². The summed E-state index contributed by atoms with van der Waals surface area (Å²) in [5.74, 6) is 2.27. The molecule has 9 nitrogen and oxygen atoms in total. The van der Waals surface area contributed by atoms with Crippen molar-refractivity contribution in [3.8, 4) is 28.4 Å². The number of piperidine rings is 1. The zero-order chi connectivity index (χ0) is 31.7. The first kappa shape index (κ1) is 28.6. The predicted molar refractivity (Wildman–Crippen MR) is 181 cm³/mol. The number of rotatable bonds is 8. The van der Waals surface area contributed by atoms with E-state index in [1.807, 2.05) is 48.3 Å². The number of carbonyl (C=O) groups excluding carboxylic acids is 2. The summed E-state index contributed by atoms with van der Waals surface area (Å²) in [5, 5.41) is 3.95. The summed E-state index contributed by atoms with van der Waals surface area (Å²) in [6.07, 6.45) is 5.78. The fourth-order valence-corrected chi connectivity index (χ4v) is 7.58. The highest BCUT2D eigenvalue weighted by Crippen LogP contribution is 2.41. The number of benzene rings is 3. The van der Waals surface area contributed by atoms with Crippen molar-refractivity contribution >= 4 is 39.4 Å². The lowest BCUT2D eigenvalue weighted by atomic mass is 10.0. The number of aromatic nitrogens is 3. The number of nitrogens with zero attached hydrogens (tertiary/aromatic N) is 4. The number of aryl methyl sites for hydroxylation is 1. The number of nitrogens with one attached hydrogen (secondary N) is 1. The smallest absolute Gasteiger partial charge is 0.254 e. The van der Waals surface area contributed by atoms with Crippen LogP contribution >= 0.6 is 0 Å². The molecule has 0 spiro atoms. The number of hydrogen-bond acceptors (Lipinski definition) is 5. The van der Waals surface area contributed by atoms with Crippen LogP contribution in [0.25, 0.3) is 44.6 Å². The maximum atomic E-state index is 13.7. The van der Waals surface area contributed by atoms with Crippen molar-refractivity contribution in [3.63, 3.8) is 0 Å². The summed E-state index contributed by atoms with van der Waals surface area (Å²) in [7, 11) is 3.67. The van der Waals surface area contributed by atoms with Crippen LogP contribution in [0.5, 0.6) is 5.75 Å². The Labute approximate surface area is 267 Å². The number of likely N-dealkylation sites (tertiary alicyclic amines) is 1. The molecule has 0 unspecified atom stereocenters. The van der Waals surface area contributed by atoms with Gasteiger partial charge in [0.1, 0.15) is 11.3 Å². The Balaban J connectivity index is 1.19. The Bertz CT molecular complexity index is 2040. The highest BCUT2D eigenvalue weighted by Gasteiger charge is 2.47. The van der Waals surface area contributed by atoms with E-state index in [0.29, 0.717) is 23.1 Å². The third-order valence-corrected chi connectivity index (χ3v) is 10.3. The van der Waals surface area contributed by atoms with Gasteiger partial charge >= 0.3 is 0 Å². The summed E-state index contributed by atoms with van der Waals surface area (Å²) in [6, 6.07) is 20.6. The molecule has 2 aliphatic carbocycles. The first-order valence-electron chi connectivity index (χ1n) is 16.1. The number of ether oxygens (including phenoxy) is 1. The van der Waals surface area contributed by atoms with E-state index in [2.05, 4.69) is 45.3 Å². The Morgan fingerprint density at radius 1 is 1.04 bits per heavy atom. The molecule has 3 fully saturated rings. The van der Waals surface area contributed by atoms with E-state index in [1.54, 1.807) is 7.11 Å². The van der Waals surface area contributed by atoms with E-state index in [0.717, 1.165) is 76.2 Å². The van der Waals surface area contributed by atoms with Crippen LogP contribution in [-0.2, 0) is 18.4 Å². The van der Waals surface area contributed by atoms with Gasteiger partial charge in [-0.15, -0.1) is 0 Å². The molecule has 1 aliphatic heterocycles. The average Bonchev–Trinajstić information content (AvgIpc) is 3.48. The number of imidazole rings is 1. The summed E-state index contributed by atoms with van der Waals surface area (Å²) in [5.41, 5.74) is 13.7. The lowest BCUT2D eigenvalue weighted by Gasteiger charge is -2.27. The fourth-order valence-electron chi connectivity index (χ4n) is 7.58. The van der Waals surface area contributed by atoms with Crippen LogP contribution in [0.1, 0.15) is 36.0 Å². The third kappa shape index (κ3) is 4.69. The molecule has 46 heavy (non-hydrogen) atoms. The van der Waals surface area contributed by atoms with Gasteiger partial charge in [-0.2, -0.15) is 0 Å². The van der Waals surface area contributed by atoms with Crippen LogP contribution in [0.15, 0.2) is 73.3 Å². The minimum Gasteiger partial charge on any atom is -0.494 e. The van der Waals surface area contributed by atoms with Crippen molar-refractivity contribution in [2.75, 3.05) is 19.0 Å². The Kier molecular flexibility index (Phi) is 6.76. The number of anilines is 1. The normalized spacial score (nSPS) is 20.5. The number of carbonyl (C=O) groups is 2. The van der Waals surface area contributed by atoms with Crippen molar-refractivity contribution < 1.29 is 14.3 Å². The molecule has 2 saturated carbocycles. The zero-order valence-electron chi connectivity index (χ0n) is 26.2. The molecule has 0 radical (unpaired) electrons. The van der Waals surface area contributed by atoms with Crippen LogP contribution in [0.4, 0.5) is 5.69 Å². The van der Waals surface area contributed by atoms with Crippen LogP contribution in [-0.4, -0.2) is 56.6 Å². The molecule has 3 aromatic carbocycles. The Morgan fingerprint density at radius 2 is 1.83 bits per heavy atom. The molecule has 2 bridgehead atoms. The van der Waals surface area contributed by atoms with Crippen molar-refractivity contribution in [1.29, 1.82) is 0 Å². The van der Waals surface area contributed by atoms with Crippen molar-refractivity contribution in [2.45, 2.75) is 44.3 Å². The number of hydrogen-bond donors (Lipinski definition) is 2. The first-order valence-corrected chi connectivity index (χ1v) is 16.1. The lowest BCUT2D eigenvalue weighted by Crippen LogP contribution is -2.41. The lowest BCUT2D eigenvalue weighted by molar-refractivity contribution is -0.111. The van der Waals surface area contributed by atoms with Gasteiger partial charge in [0.2, 0.25) is 5.91 Å². The first-order chi connectivity index (χ1) is 22.3. The van der Waals surface area contributed by atoms with E-state index < -0.39 is 0 Å². The standard InChI is InChI=1S/C37H38N6O3/c1-4-33(44)39-27-12-9-22(10-13-27)23-7-8-24-17-31(42(30(24)16-23)19-21-5-6-21)36-40-28-15-26(18-32(46-3)35(28)41(36)2)37(45)43-20-25-11-14-29(43)34(25)38/h4,7-10,12-13,15-18,21,25,29,34H,1,5-6,11,14,19-20,38H2,2-3H3,(H,39,44)/t25-,29-,34-/m1/s1. The topological polar surface area (TPSA) is 107 Å². The summed E-state index contributed by atoms with van der Waals surface area (Å²) < 4.78 is 10.4. The molecule has 2 aromatic heterocycles. The molecule has 9 heteroatoms. The maximum Gasteiger partial charge on any atom is 0.254 e. The number of methoxy groups -OCH3 is 1. The van der Waals surface area contributed by atoms with Gasteiger partial charge in [-0.25, -0.2) is 4.98 Å². The van der Waals surface area contributed by atoms with Gasteiger partial charge in [0.05, 0.1) is 18.3 Å². The van der Waals surface area contributed by atoms with Gasteiger partial charge in [0.15, 0.2) is 5.82 Å². The van der Waals surface area contributed by atoms with Gasteiger partial charge in [-0.05, 0) is 91.1 Å². The van der Waals surface area contributed by atoms with Gasteiger partial charge < -0.3 is 29.8 Å². The van der Waals surface area contributed by atoms with E-state index in [4.69, 9.17) is 15.5 Å². The number of nitrogens with two attached hydrogens (primary N) is 1. The van der Waals surface area contributed by atoms with E-state index in [-0.39, 0.29) is 23.9 Å². The summed E-state index contributed by atoms with van der Waals surface area (Å²) in [4.78, 5) is 32.6. The van der Waals surface area contributed by atoms with Crippen molar-refractivity contribution in [1.82, 2.24) is 19.0 Å². The second kappa shape index (κ2) is 10.9. The average molecular weight is 615 g/mol. The highest BCUT2D eigenvalue weighted by molar-refractivity contribution is 6.01. The maximum absolute atomic E-state index is 13.7. The zero-order valence-corrected chi connectivity index (χ0v) is 26.2. The second-order valence-corrected chi connectivity index (χ2v) is 13.1. The van der Waals surface area contributed by atoms with Crippen LogP contribution < -0.4 is 15.8 Å². The third-order valence-electron chi connectivity index (χ3n) is 10.3. The molecular weight excluding hydrogens is 576 g/mol. The second-order valence-electron chi connectivity index (χ2n) is 13.1. The monoisotopic (exact) mass is 614 g/mol. The number of amides is 2. The SMILES string of the molecule is C=CC(=O)Nc1ccc(-c2ccc3cc(-c4nc5cc(C(=O)N6C[C@H]7CC[C@@H]6[C@@H]7N)cc(OC)c5n4C)n(CC4CC4)c3c2)cc1. The van der Waals surface area contributed by atoms with Gasteiger partial charge in [-0.1, -0.05) is 30.8 Å². The van der Waals surface area contributed by atoms with E-state index in [9.17, 15) is 9.59 Å². The fraction of sp³-hybridized carbons (Fsp3) is 0.324. The molecular formula is C37H38N6O3. The molecule has 3 heterocycles. The minimum atomic E-state index is -0.231. The quantitative estimate of drug-likeness (QED) is 0.210. The molecule has 3 N–H and O–H groups in total. The van der Waals surface area contributed by atoms with Crippen molar-refractivity contribution in [2.24, 2.45) is 24.6 Å². The molecule has 8 rings (SSSR count). The van der Waals surface area contributed by atoms with Crippen LogP contribution in [0.2, 0.25) is 0 Å².